The molecule has 6 heteroatoms. The van der Waals surface area contributed by atoms with Gasteiger partial charge in [0, 0.05) is 9.77 Å². The number of halogens is 1. The van der Waals surface area contributed by atoms with E-state index in [9.17, 15) is 8.42 Å². The third-order valence-corrected chi connectivity index (χ3v) is 3.81. The number of pyridine rings is 1. The van der Waals surface area contributed by atoms with Crippen molar-refractivity contribution in [3.05, 3.63) is 21.4 Å². The smallest absolute Gasteiger partial charge is 0.233 e. The van der Waals surface area contributed by atoms with Crippen LogP contribution in [0.4, 0.5) is 5.82 Å². The summed E-state index contributed by atoms with van der Waals surface area (Å²) in [6, 6.07) is 1.89. The van der Waals surface area contributed by atoms with E-state index in [1.165, 1.54) is 0 Å². The molecule has 0 unspecified atom stereocenters. The molecule has 0 saturated heterocycles. The molecule has 0 amide bonds. The molecule has 1 rings (SSSR count). The molecule has 0 bridgehead atoms. The zero-order valence-corrected chi connectivity index (χ0v) is 11.6. The van der Waals surface area contributed by atoms with Gasteiger partial charge in [-0.1, -0.05) is 6.92 Å². The molecular weight excluding hydrogens is 327 g/mol. The summed E-state index contributed by atoms with van der Waals surface area (Å²) >= 11 is 2.14. The maximum absolute atomic E-state index is 11.5. The van der Waals surface area contributed by atoms with E-state index in [0.29, 0.717) is 12.2 Å². The van der Waals surface area contributed by atoms with Gasteiger partial charge in [-0.25, -0.2) is 13.4 Å². The second kappa shape index (κ2) is 5.11. The van der Waals surface area contributed by atoms with E-state index in [2.05, 4.69) is 32.3 Å². The van der Waals surface area contributed by atoms with Crippen molar-refractivity contribution in [1.82, 2.24) is 4.98 Å². The van der Waals surface area contributed by atoms with E-state index in [0.717, 1.165) is 9.13 Å². The number of hydrogen-bond acceptors (Lipinski definition) is 3. The third kappa shape index (κ3) is 3.94. The van der Waals surface area contributed by atoms with Gasteiger partial charge in [-0.2, -0.15) is 0 Å². The van der Waals surface area contributed by atoms with E-state index in [4.69, 9.17) is 0 Å². The van der Waals surface area contributed by atoms with E-state index in [-0.39, 0.29) is 5.75 Å². The van der Waals surface area contributed by atoms with Crippen LogP contribution in [0.3, 0.4) is 0 Å². The van der Waals surface area contributed by atoms with Crippen LogP contribution in [0.1, 0.15) is 18.9 Å². The lowest BCUT2D eigenvalue weighted by atomic mass is 10.3. The van der Waals surface area contributed by atoms with Gasteiger partial charge in [0.25, 0.3) is 0 Å². The van der Waals surface area contributed by atoms with E-state index in [1.54, 1.807) is 6.20 Å². The molecular formula is C9H13IN2O2S. The molecule has 0 spiro atoms. The molecule has 4 nitrogen and oxygen atoms in total. The summed E-state index contributed by atoms with van der Waals surface area (Å²) in [6.07, 6.45) is 2.23. The highest BCUT2D eigenvalue weighted by Gasteiger charge is 2.11. The van der Waals surface area contributed by atoms with Gasteiger partial charge in [0.15, 0.2) is 0 Å². The molecule has 1 heterocycles. The molecule has 84 valence electrons. The summed E-state index contributed by atoms with van der Waals surface area (Å²) in [5.41, 5.74) is 0.835. The first-order valence-electron chi connectivity index (χ1n) is 4.57. The predicted molar refractivity (Wildman–Crippen MR) is 69.4 cm³/mol. The molecule has 15 heavy (non-hydrogen) atoms. The molecule has 0 aliphatic heterocycles. The average molecular weight is 340 g/mol. The molecule has 1 aromatic rings. The molecule has 0 saturated carbocycles. The highest BCUT2D eigenvalue weighted by molar-refractivity contribution is 14.1. The maximum Gasteiger partial charge on any atom is 0.233 e. The van der Waals surface area contributed by atoms with Gasteiger partial charge in [0.05, 0.1) is 5.75 Å². The van der Waals surface area contributed by atoms with Crippen LogP contribution in [-0.2, 0) is 10.0 Å². The number of nitrogens with zero attached hydrogens (tertiary/aromatic N) is 1. The van der Waals surface area contributed by atoms with Crippen molar-refractivity contribution in [3.63, 3.8) is 0 Å². The van der Waals surface area contributed by atoms with Gasteiger partial charge in [0.2, 0.25) is 10.0 Å². The Morgan fingerprint density at radius 3 is 2.73 bits per heavy atom. The summed E-state index contributed by atoms with van der Waals surface area (Å²) in [5.74, 6) is 0.545. The lowest BCUT2D eigenvalue weighted by molar-refractivity contribution is 0.599. The summed E-state index contributed by atoms with van der Waals surface area (Å²) in [6.45, 7) is 3.66. The van der Waals surface area contributed by atoms with Crippen LogP contribution in [0.5, 0.6) is 0 Å². The highest BCUT2D eigenvalue weighted by atomic mass is 127. The van der Waals surface area contributed by atoms with Crippen molar-refractivity contribution in [1.29, 1.82) is 0 Å². The van der Waals surface area contributed by atoms with Gasteiger partial charge in [-0.3, -0.25) is 4.72 Å². The molecule has 0 aliphatic rings. The molecule has 0 aromatic carbocycles. The van der Waals surface area contributed by atoms with Crippen LogP contribution < -0.4 is 4.72 Å². The van der Waals surface area contributed by atoms with Crippen LogP contribution in [0, 0.1) is 10.5 Å². The van der Waals surface area contributed by atoms with Crippen LogP contribution in [0.25, 0.3) is 0 Å². The lowest BCUT2D eigenvalue weighted by Gasteiger charge is -2.08. The fourth-order valence-corrected chi connectivity index (χ4v) is 2.87. The standard InChI is InChI=1S/C9H13IN2O2S/c1-3-4-15(13,14)12-9-7(2)5-8(10)6-11-9/h5-6H,3-4H2,1-2H3,(H,11,12). The number of aryl methyl sites for hydroxylation is 1. The first-order valence-corrected chi connectivity index (χ1v) is 7.30. The zero-order chi connectivity index (χ0) is 11.5. The normalized spacial score (nSPS) is 11.4. The number of rotatable bonds is 4. The Balaban J connectivity index is 2.90. The quantitative estimate of drug-likeness (QED) is 0.855. The minimum atomic E-state index is -3.23. The molecule has 0 radical (unpaired) electrons. The van der Waals surface area contributed by atoms with Gasteiger partial charge in [-0.15, -0.1) is 0 Å². The van der Waals surface area contributed by atoms with Crippen LogP contribution in [-0.4, -0.2) is 19.2 Å². The second-order valence-corrected chi connectivity index (χ2v) is 6.33. The number of hydrogen-bond donors (Lipinski definition) is 1. The first kappa shape index (κ1) is 12.7. The molecule has 0 fully saturated rings. The van der Waals surface area contributed by atoms with E-state index < -0.39 is 10.0 Å². The Morgan fingerprint density at radius 1 is 1.53 bits per heavy atom. The number of nitrogens with one attached hydrogen (secondary N) is 1. The van der Waals surface area contributed by atoms with E-state index in [1.807, 2.05) is 19.9 Å². The van der Waals surface area contributed by atoms with Gasteiger partial charge in [-0.05, 0) is 47.6 Å². The molecule has 0 aliphatic carbocycles. The Hall–Kier alpha value is -0.370. The minimum Gasteiger partial charge on any atom is -0.267 e. The maximum atomic E-state index is 11.5. The lowest BCUT2D eigenvalue weighted by Crippen LogP contribution is -2.17. The van der Waals surface area contributed by atoms with Crippen molar-refractivity contribution in [2.24, 2.45) is 0 Å². The third-order valence-electron chi connectivity index (χ3n) is 1.77. The molecule has 1 N–H and O–H groups in total. The van der Waals surface area contributed by atoms with E-state index >= 15 is 0 Å². The number of sulfonamides is 1. The van der Waals surface area contributed by atoms with Crippen molar-refractivity contribution in [2.45, 2.75) is 20.3 Å². The summed E-state index contributed by atoms with van der Waals surface area (Å²) in [7, 11) is -3.23. The predicted octanol–water partition coefficient (Wildman–Crippen LogP) is 2.15. The van der Waals surface area contributed by atoms with Gasteiger partial charge in [0.1, 0.15) is 5.82 Å². The largest absolute Gasteiger partial charge is 0.267 e. The first-order chi connectivity index (χ1) is 6.94. The monoisotopic (exact) mass is 340 g/mol. The fraction of sp³-hybridized carbons (Fsp3) is 0.444. The average Bonchev–Trinajstić information content (AvgIpc) is 2.09. The van der Waals surface area contributed by atoms with Crippen LogP contribution >= 0.6 is 22.6 Å². The Bertz CT molecular complexity index is 445. The SMILES string of the molecule is CCCS(=O)(=O)Nc1ncc(I)cc1C. The Kier molecular flexibility index (Phi) is 4.32. The topological polar surface area (TPSA) is 59.1 Å². The fourth-order valence-electron chi connectivity index (χ4n) is 1.11. The molecule has 0 atom stereocenters. The summed E-state index contributed by atoms with van der Waals surface area (Å²) in [4.78, 5) is 4.05. The molecule has 1 aromatic heterocycles. The Morgan fingerprint density at radius 2 is 2.20 bits per heavy atom. The zero-order valence-electron chi connectivity index (χ0n) is 8.62. The van der Waals surface area contributed by atoms with Crippen LogP contribution in [0.2, 0.25) is 0 Å². The van der Waals surface area contributed by atoms with Crippen molar-refractivity contribution >= 4 is 38.4 Å². The number of aromatic nitrogens is 1. The van der Waals surface area contributed by atoms with Gasteiger partial charge >= 0.3 is 0 Å². The highest BCUT2D eigenvalue weighted by Crippen LogP contribution is 2.15. The van der Waals surface area contributed by atoms with Crippen LogP contribution in [0.15, 0.2) is 12.3 Å². The Labute approximate surface area is 104 Å². The second-order valence-electron chi connectivity index (χ2n) is 3.24. The minimum absolute atomic E-state index is 0.125. The van der Waals surface area contributed by atoms with Crippen molar-refractivity contribution in [3.8, 4) is 0 Å². The van der Waals surface area contributed by atoms with Crippen molar-refractivity contribution < 1.29 is 8.42 Å². The van der Waals surface area contributed by atoms with Crippen molar-refractivity contribution in [2.75, 3.05) is 10.5 Å². The number of anilines is 1. The summed E-state index contributed by atoms with van der Waals surface area (Å²) in [5, 5.41) is 0. The summed E-state index contributed by atoms with van der Waals surface area (Å²) < 4.78 is 26.4. The van der Waals surface area contributed by atoms with Gasteiger partial charge < -0.3 is 0 Å².